The van der Waals surface area contributed by atoms with Crippen LogP contribution < -0.4 is 20.4 Å². The van der Waals surface area contributed by atoms with Crippen LogP contribution in [-0.2, 0) is 0 Å². The molecule has 0 saturated heterocycles. The van der Waals surface area contributed by atoms with Crippen LogP contribution in [0.25, 0.3) is 21.5 Å². The lowest BCUT2D eigenvalue weighted by Crippen LogP contribution is -2.03. The van der Waals surface area contributed by atoms with E-state index < -0.39 is 5.63 Å². The number of nitrogens with zero attached hydrogens (tertiary/aromatic N) is 2. The first kappa shape index (κ1) is 18.0. The highest BCUT2D eigenvalue weighted by Gasteiger charge is 2.16. The summed E-state index contributed by atoms with van der Waals surface area (Å²) in [5, 5.41) is 13.2. The van der Waals surface area contributed by atoms with E-state index in [0.29, 0.717) is 39.4 Å². The van der Waals surface area contributed by atoms with E-state index in [2.05, 4.69) is 15.5 Å². The van der Waals surface area contributed by atoms with Gasteiger partial charge in [0.2, 0.25) is 5.13 Å². The first-order valence-corrected chi connectivity index (χ1v) is 9.45. The van der Waals surface area contributed by atoms with Crippen molar-refractivity contribution in [2.75, 3.05) is 19.0 Å². The minimum atomic E-state index is -0.486. The Morgan fingerprint density at radius 1 is 1.11 bits per heavy atom. The highest BCUT2D eigenvalue weighted by molar-refractivity contribution is 7.18. The Labute approximate surface area is 164 Å². The molecule has 0 radical (unpaired) electrons. The van der Waals surface area contributed by atoms with Crippen molar-refractivity contribution >= 4 is 33.1 Å². The van der Waals surface area contributed by atoms with Gasteiger partial charge < -0.3 is 19.2 Å². The first-order valence-electron chi connectivity index (χ1n) is 8.63. The fraction of sp³-hybridized carbons (Fsp3) is 0.150. The van der Waals surface area contributed by atoms with Gasteiger partial charge >= 0.3 is 5.63 Å². The van der Waals surface area contributed by atoms with E-state index in [4.69, 9.17) is 13.9 Å². The zero-order valence-electron chi connectivity index (χ0n) is 15.3. The van der Waals surface area contributed by atoms with E-state index in [1.165, 1.54) is 11.3 Å². The fourth-order valence-corrected chi connectivity index (χ4v) is 3.54. The molecule has 1 N–H and O–H groups in total. The van der Waals surface area contributed by atoms with E-state index >= 15 is 0 Å². The Balaban J connectivity index is 1.69. The lowest BCUT2D eigenvalue weighted by molar-refractivity contribution is 0.337. The summed E-state index contributed by atoms with van der Waals surface area (Å²) in [7, 11) is 1.60. The van der Waals surface area contributed by atoms with Crippen LogP contribution in [0.3, 0.4) is 0 Å². The standard InChI is InChI=1S/C20H17N3O4S/c1-3-26-16-10-6-7-12-11-13(19(24)27-17(12)16)18-22-23-20(28-18)21-14-8-4-5-9-15(14)25-2/h4-11H,3H2,1-2H3,(H,21,23). The second kappa shape index (κ2) is 7.69. The third-order valence-electron chi connectivity index (χ3n) is 4.03. The van der Waals surface area contributed by atoms with Gasteiger partial charge in [-0.05, 0) is 31.2 Å². The summed E-state index contributed by atoms with van der Waals surface area (Å²) in [5.41, 5.74) is 1.06. The van der Waals surface area contributed by atoms with Crippen molar-refractivity contribution in [2.24, 2.45) is 0 Å². The summed E-state index contributed by atoms with van der Waals surface area (Å²) in [6.07, 6.45) is 0. The van der Waals surface area contributed by atoms with Gasteiger partial charge in [-0.25, -0.2) is 4.79 Å². The summed E-state index contributed by atoms with van der Waals surface area (Å²) in [4.78, 5) is 12.5. The molecule has 7 nitrogen and oxygen atoms in total. The van der Waals surface area contributed by atoms with Crippen molar-refractivity contribution in [1.29, 1.82) is 0 Å². The second-order valence-corrected chi connectivity index (χ2v) is 6.77. The number of ether oxygens (including phenoxy) is 2. The van der Waals surface area contributed by atoms with Gasteiger partial charge in [-0.2, -0.15) is 0 Å². The van der Waals surface area contributed by atoms with Crippen LogP contribution in [0.1, 0.15) is 6.92 Å². The molecule has 4 aromatic rings. The van der Waals surface area contributed by atoms with E-state index in [9.17, 15) is 4.79 Å². The molecule has 0 aliphatic carbocycles. The van der Waals surface area contributed by atoms with Crippen LogP contribution in [0.5, 0.6) is 11.5 Å². The summed E-state index contributed by atoms with van der Waals surface area (Å²) in [6.45, 7) is 2.36. The van der Waals surface area contributed by atoms with Crippen molar-refractivity contribution in [3.05, 3.63) is 59.0 Å². The number of methoxy groups -OCH3 is 1. The normalized spacial score (nSPS) is 10.8. The molecule has 142 valence electrons. The zero-order chi connectivity index (χ0) is 19.5. The molecule has 0 amide bonds. The molecule has 2 aromatic heterocycles. The molecule has 28 heavy (non-hydrogen) atoms. The average molecular weight is 395 g/mol. The molecule has 0 bridgehead atoms. The fourth-order valence-electron chi connectivity index (χ4n) is 2.78. The van der Waals surface area contributed by atoms with Crippen molar-refractivity contribution in [3.63, 3.8) is 0 Å². The lowest BCUT2D eigenvalue weighted by Gasteiger charge is -2.07. The van der Waals surface area contributed by atoms with Crippen LogP contribution >= 0.6 is 11.3 Å². The molecule has 0 spiro atoms. The first-order chi connectivity index (χ1) is 13.7. The van der Waals surface area contributed by atoms with Crippen LogP contribution in [0.15, 0.2) is 57.7 Å². The number of anilines is 2. The maximum atomic E-state index is 12.5. The van der Waals surface area contributed by atoms with Gasteiger partial charge in [0.25, 0.3) is 0 Å². The molecular formula is C20H17N3O4S. The van der Waals surface area contributed by atoms with Crippen molar-refractivity contribution < 1.29 is 13.9 Å². The van der Waals surface area contributed by atoms with Gasteiger partial charge in [-0.1, -0.05) is 35.6 Å². The minimum Gasteiger partial charge on any atom is -0.495 e. The van der Waals surface area contributed by atoms with Gasteiger partial charge in [0.15, 0.2) is 16.3 Å². The number of rotatable bonds is 6. The number of fused-ring (bicyclic) bond motifs is 1. The van der Waals surface area contributed by atoms with Gasteiger partial charge in [0.1, 0.15) is 5.75 Å². The zero-order valence-corrected chi connectivity index (χ0v) is 16.1. The number of para-hydroxylation sites is 3. The van der Waals surface area contributed by atoms with E-state index in [0.717, 1.165) is 11.1 Å². The van der Waals surface area contributed by atoms with E-state index in [1.807, 2.05) is 43.3 Å². The summed E-state index contributed by atoms with van der Waals surface area (Å²) >= 11 is 1.26. The van der Waals surface area contributed by atoms with Crippen LogP contribution in [-0.4, -0.2) is 23.9 Å². The molecule has 2 heterocycles. The Bertz CT molecular complexity index is 1190. The van der Waals surface area contributed by atoms with Crippen molar-refractivity contribution in [3.8, 4) is 22.1 Å². The molecule has 4 rings (SSSR count). The molecular weight excluding hydrogens is 378 g/mol. The summed E-state index contributed by atoms with van der Waals surface area (Å²) in [6, 6.07) is 14.7. The predicted molar refractivity (Wildman–Crippen MR) is 109 cm³/mol. The molecule has 0 atom stereocenters. The minimum absolute atomic E-state index is 0.353. The monoisotopic (exact) mass is 395 g/mol. The van der Waals surface area contributed by atoms with Crippen molar-refractivity contribution in [2.45, 2.75) is 6.92 Å². The highest BCUT2D eigenvalue weighted by atomic mass is 32.1. The van der Waals surface area contributed by atoms with Gasteiger partial charge in [-0.15, -0.1) is 10.2 Å². The summed E-state index contributed by atoms with van der Waals surface area (Å²) < 4.78 is 16.4. The van der Waals surface area contributed by atoms with Crippen molar-refractivity contribution in [1.82, 2.24) is 10.2 Å². The van der Waals surface area contributed by atoms with Gasteiger partial charge in [0, 0.05) is 5.39 Å². The SMILES string of the molecule is CCOc1cccc2cc(-c3nnc(Nc4ccccc4OC)s3)c(=O)oc12. The number of benzene rings is 2. The molecule has 8 heteroatoms. The lowest BCUT2D eigenvalue weighted by atomic mass is 10.2. The molecule has 0 saturated carbocycles. The number of hydrogen-bond acceptors (Lipinski definition) is 8. The maximum absolute atomic E-state index is 12.5. The molecule has 2 aromatic carbocycles. The third-order valence-corrected chi connectivity index (χ3v) is 4.90. The largest absolute Gasteiger partial charge is 0.495 e. The molecule has 0 aliphatic rings. The Kier molecular flexibility index (Phi) is 4.94. The Hall–Kier alpha value is -3.39. The second-order valence-electron chi connectivity index (χ2n) is 5.79. The topological polar surface area (TPSA) is 86.5 Å². The smallest absolute Gasteiger partial charge is 0.346 e. The molecule has 0 unspecified atom stereocenters. The van der Waals surface area contributed by atoms with Crippen LogP contribution in [0.4, 0.5) is 10.8 Å². The van der Waals surface area contributed by atoms with Gasteiger partial charge in [0.05, 0.1) is 25.0 Å². The Morgan fingerprint density at radius 3 is 2.75 bits per heavy atom. The average Bonchev–Trinajstić information content (AvgIpc) is 3.17. The quantitative estimate of drug-likeness (QED) is 0.482. The number of aromatic nitrogens is 2. The Morgan fingerprint density at radius 2 is 1.93 bits per heavy atom. The highest BCUT2D eigenvalue weighted by Crippen LogP contribution is 2.32. The maximum Gasteiger partial charge on any atom is 0.346 e. The van der Waals surface area contributed by atoms with E-state index in [-0.39, 0.29) is 0 Å². The third kappa shape index (κ3) is 3.41. The van der Waals surface area contributed by atoms with Gasteiger partial charge in [-0.3, -0.25) is 0 Å². The van der Waals surface area contributed by atoms with E-state index in [1.54, 1.807) is 19.2 Å². The number of nitrogens with one attached hydrogen (secondary N) is 1. The molecule has 0 fully saturated rings. The number of hydrogen-bond donors (Lipinski definition) is 1. The van der Waals surface area contributed by atoms with Crippen LogP contribution in [0, 0.1) is 0 Å². The summed E-state index contributed by atoms with van der Waals surface area (Å²) in [5.74, 6) is 1.23. The van der Waals surface area contributed by atoms with Crippen LogP contribution in [0.2, 0.25) is 0 Å². The predicted octanol–water partition coefficient (Wildman–Crippen LogP) is 4.46. The molecule has 0 aliphatic heterocycles.